The number of carbonyl (C=O) groups excluding carboxylic acids is 1. The highest BCUT2D eigenvalue weighted by atomic mass is 32.1. The van der Waals surface area contributed by atoms with Gasteiger partial charge < -0.3 is 15.8 Å². The molecule has 3 rings (SSSR count). The van der Waals surface area contributed by atoms with Crippen LogP contribution in [0.1, 0.15) is 16.1 Å². The second kappa shape index (κ2) is 6.93. The van der Waals surface area contributed by atoms with Crippen LogP contribution in [-0.2, 0) is 6.61 Å². The molecule has 0 spiro atoms. The first-order chi connectivity index (χ1) is 11.2. The maximum Gasteiger partial charge on any atom is 0.252 e. The first kappa shape index (κ1) is 15.1. The molecule has 2 aromatic carbocycles. The van der Waals surface area contributed by atoms with E-state index in [1.807, 2.05) is 35.7 Å². The standard InChI is InChI=1S/C17H15N3O2S/c18-16(21)14-8-4-5-9-15(14)22-10-13-11-23-17(20-13)19-12-6-2-1-3-7-12/h1-9,11H,10H2,(H2,18,21)(H,19,20). The van der Waals surface area contributed by atoms with Gasteiger partial charge in [-0.15, -0.1) is 11.3 Å². The number of rotatable bonds is 6. The molecule has 0 aliphatic heterocycles. The number of amides is 1. The van der Waals surface area contributed by atoms with Crippen molar-refractivity contribution in [3.8, 4) is 5.75 Å². The Labute approximate surface area is 137 Å². The minimum absolute atomic E-state index is 0.275. The van der Waals surface area contributed by atoms with E-state index in [4.69, 9.17) is 10.5 Å². The molecule has 23 heavy (non-hydrogen) atoms. The molecule has 116 valence electrons. The summed E-state index contributed by atoms with van der Waals surface area (Å²) in [4.78, 5) is 15.8. The van der Waals surface area contributed by atoms with Crippen LogP contribution < -0.4 is 15.8 Å². The van der Waals surface area contributed by atoms with Gasteiger partial charge in [-0.3, -0.25) is 4.79 Å². The number of hydrogen-bond donors (Lipinski definition) is 2. The van der Waals surface area contributed by atoms with Crippen molar-refractivity contribution >= 4 is 28.1 Å². The number of ether oxygens (including phenoxy) is 1. The summed E-state index contributed by atoms with van der Waals surface area (Å²) in [5, 5.41) is 5.93. The summed E-state index contributed by atoms with van der Waals surface area (Å²) < 4.78 is 5.66. The number of thiazole rings is 1. The number of nitrogens with zero attached hydrogens (tertiary/aromatic N) is 1. The van der Waals surface area contributed by atoms with E-state index in [1.165, 1.54) is 11.3 Å². The van der Waals surface area contributed by atoms with Gasteiger partial charge >= 0.3 is 0 Å². The predicted octanol–water partition coefficient (Wildman–Crippen LogP) is 3.56. The van der Waals surface area contributed by atoms with Gasteiger partial charge in [0.1, 0.15) is 12.4 Å². The Morgan fingerprint density at radius 2 is 1.87 bits per heavy atom. The molecule has 1 aromatic heterocycles. The zero-order chi connectivity index (χ0) is 16.1. The largest absolute Gasteiger partial charge is 0.486 e. The molecule has 0 bridgehead atoms. The number of nitrogens with two attached hydrogens (primary N) is 1. The van der Waals surface area contributed by atoms with Crippen molar-refractivity contribution in [2.75, 3.05) is 5.32 Å². The normalized spacial score (nSPS) is 10.3. The molecule has 0 radical (unpaired) electrons. The average Bonchev–Trinajstić information content (AvgIpc) is 3.01. The zero-order valence-corrected chi connectivity index (χ0v) is 13.0. The van der Waals surface area contributed by atoms with E-state index in [-0.39, 0.29) is 6.61 Å². The lowest BCUT2D eigenvalue weighted by Crippen LogP contribution is -2.12. The van der Waals surface area contributed by atoms with E-state index in [0.29, 0.717) is 11.3 Å². The smallest absolute Gasteiger partial charge is 0.252 e. The second-order valence-electron chi connectivity index (χ2n) is 4.78. The first-order valence-electron chi connectivity index (χ1n) is 7.00. The van der Waals surface area contributed by atoms with Crippen LogP contribution in [0.15, 0.2) is 60.0 Å². The van der Waals surface area contributed by atoms with E-state index < -0.39 is 5.91 Å². The topological polar surface area (TPSA) is 77.2 Å². The SMILES string of the molecule is NC(=O)c1ccccc1OCc1csc(Nc2ccccc2)n1. The first-order valence-corrected chi connectivity index (χ1v) is 7.88. The number of primary amides is 1. The molecule has 0 atom stereocenters. The van der Waals surface area contributed by atoms with Crippen LogP contribution in [0.25, 0.3) is 0 Å². The van der Waals surface area contributed by atoms with Crippen molar-refractivity contribution in [3.05, 3.63) is 71.2 Å². The van der Waals surface area contributed by atoms with Gasteiger partial charge in [0.15, 0.2) is 5.13 Å². The lowest BCUT2D eigenvalue weighted by molar-refractivity contribution is 0.0996. The van der Waals surface area contributed by atoms with Crippen molar-refractivity contribution < 1.29 is 9.53 Å². The van der Waals surface area contributed by atoms with Gasteiger partial charge in [-0.25, -0.2) is 4.98 Å². The van der Waals surface area contributed by atoms with Gasteiger partial charge in [0, 0.05) is 11.1 Å². The van der Waals surface area contributed by atoms with Crippen molar-refractivity contribution in [2.45, 2.75) is 6.61 Å². The van der Waals surface area contributed by atoms with Crippen LogP contribution in [0, 0.1) is 0 Å². The molecular formula is C17H15N3O2S. The molecule has 0 aliphatic carbocycles. The Kier molecular flexibility index (Phi) is 4.54. The van der Waals surface area contributed by atoms with Gasteiger partial charge in [0.25, 0.3) is 5.91 Å². The van der Waals surface area contributed by atoms with E-state index in [2.05, 4.69) is 10.3 Å². The van der Waals surface area contributed by atoms with Gasteiger partial charge in [0.05, 0.1) is 11.3 Å². The molecule has 6 heteroatoms. The summed E-state index contributed by atoms with van der Waals surface area (Å²) in [6.45, 7) is 0.275. The summed E-state index contributed by atoms with van der Waals surface area (Å²) in [7, 11) is 0. The highest BCUT2D eigenvalue weighted by Crippen LogP contribution is 2.23. The Bertz CT molecular complexity index is 802. The molecule has 0 saturated carbocycles. The van der Waals surface area contributed by atoms with Gasteiger partial charge in [-0.2, -0.15) is 0 Å². The maximum atomic E-state index is 11.4. The van der Waals surface area contributed by atoms with Crippen molar-refractivity contribution in [2.24, 2.45) is 5.73 Å². The fourth-order valence-corrected chi connectivity index (χ4v) is 2.74. The third-order valence-corrected chi connectivity index (χ3v) is 3.91. The Morgan fingerprint density at radius 3 is 2.65 bits per heavy atom. The monoisotopic (exact) mass is 325 g/mol. The molecule has 1 heterocycles. The predicted molar refractivity (Wildman–Crippen MR) is 91.1 cm³/mol. The van der Waals surface area contributed by atoms with Crippen molar-refractivity contribution in [3.63, 3.8) is 0 Å². The second-order valence-corrected chi connectivity index (χ2v) is 5.64. The van der Waals surface area contributed by atoms with Crippen LogP contribution in [0.4, 0.5) is 10.8 Å². The van der Waals surface area contributed by atoms with E-state index in [1.54, 1.807) is 24.3 Å². The van der Waals surface area contributed by atoms with Crippen LogP contribution >= 0.6 is 11.3 Å². The quantitative estimate of drug-likeness (QED) is 0.726. The summed E-state index contributed by atoms with van der Waals surface area (Å²) in [6.07, 6.45) is 0. The highest BCUT2D eigenvalue weighted by Gasteiger charge is 2.09. The summed E-state index contributed by atoms with van der Waals surface area (Å²) in [5.41, 5.74) is 7.46. The fourth-order valence-electron chi connectivity index (χ4n) is 2.02. The Hall–Kier alpha value is -2.86. The minimum Gasteiger partial charge on any atom is -0.486 e. The van der Waals surface area contributed by atoms with E-state index >= 15 is 0 Å². The number of anilines is 2. The molecule has 5 nitrogen and oxygen atoms in total. The van der Waals surface area contributed by atoms with E-state index in [9.17, 15) is 4.79 Å². The number of carbonyl (C=O) groups is 1. The molecule has 0 saturated heterocycles. The molecule has 0 fully saturated rings. The number of aromatic nitrogens is 1. The zero-order valence-electron chi connectivity index (χ0n) is 12.2. The molecular weight excluding hydrogens is 310 g/mol. The summed E-state index contributed by atoms with van der Waals surface area (Å²) >= 11 is 1.50. The minimum atomic E-state index is -0.509. The third-order valence-electron chi connectivity index (χ3n) is 3.10. The number of benzene rings is 2. The Balaban J connectivity index is 1.65. The van der Waals surface area contributed by atoms with Crippen molar-refractivity contribution in [1.29, 1.82) is 0 Å². The van der Waals surface area contributed by atoms with Gasteiger partial charge in [-0.1, -0.05) is 30.3 Å². The molecule has 0 unspecified atom stereocenters. The maximum absolute atomic E-state index is 11.4. The van der Waals surface area contributed by atoms with Crippen LogP contribution in [-0.4, -0.2) is 10.9 Å². The average molecular weight is 325 g/mol. The fraction of sp³-hybridized carbons (Fsp3) is 0.0588. The third kappa shape index (κ3) is 3.87. The van der Waals surface area contributed by atoms with Gasteiger partial charge in [-0.05, 0) is 24.3 Å². The van der Waals surface area contributed by atoms with E-state index in [0.717, 1.165) is 16.5 Å². The Morgan fingerprint density at radius 1 is 1.13 bits per heavy atom. The number of para-hydroxylation sites is 2. The lowest BCUT2D eigenvalue weighted by atomic mass is 10.2. The number of nitrogens with one attached hydrogen (secondary N) is 1. The van der Waals surface area contributed by atoms with Crippen LogP contribution in [0.2, 0.25) is 0 Å². The summed E-state index contributed by atoms with van der Waals surface area (Å²) in [6, 6.07) is 16.7. The molecule has 0 aliphatic rings. The number of hydrogen-bond acceptors (Lipinski definition) is 5. The molecule has 1 amide bonds. The highest BCUT2D eigenvalue weighted by molar-refractivity contribution is 7.13. The van der Waals surface area contributed by atoms with Crippen molar-refractivity contribution in [1.82, 2.24) is 4.98 Å². The summed E-state index contributed by atoms with van der Waals surface area (Å²) in [5.74, 6) is -0.0455. The van der Waals surface area contributed by atoms with Crippen LogP contribution in [0.5, 0.6) is 5.75 Å². The van der Waals surface area contributed by atoms with Gasteiger partial charge in [0.2, 0.25) is 0 Å². The lowest BCUT2D eigenvalue weighted by Gasteiger charge is -2.07. The molecule has 3 N–H and O–H groups in total. The molecule has 3 aromatic rings. The van der Waals surface area contributed by atoms with Crippen LogP contribution in [0.3, 0.4) is 0 Å².